The van der Waals surface area contributed by atoms with Crippen LogP contribution in [0.1, 0.15) is 113 Å². The topological polar surface area (TPSA) is 111 Å². The van der Waals surface area contributed by atoms with Crippen molar-refractivity contribution >= 4 is 16.7 Å². The summed E-state index contributed by atoms with van der Waals surface area (Å²) in [4.78, 5) is 35.0. The molecule has 3 atom stereocenters. The molecule has 348 valence electrons. The van der Waals surface area contributed by atoms with Crippen molar-refractivity contribution in [1.82, 2.24) is 0 Å². The van der Waals surface area contributed by atoms with Gasteiger partial charge >= 0.3 is 0 Å². The van der Waals surface area contributed by atoms with Gasteiger partial charge in [0.05, 0.1) is 19.8 Å². The lowest BCUT2D eigenvalue weighted by Gasteiger charge is -2.41. The largest absolute Gasteiger partial charge is 0.457 e. The summed E-state index contributed by atoms with van der Waals surface area (Å²) in [5.41, 5.74) is 4.98. The van der Waals surface area contributed by atoms with E-state index in [2.05, 4.69) is 19.7 Å². The Morgan fingerprint density at radius 3 is 0.848 bits per heavy atom. The van der Waals surface area contributed by atoms with Crippen LogP contribution in [0.4, 0.5) is 0 Å². The molecule has 66 heavy (non-hydrogen) atoms. The van der Waals surface area contributed by atoms with E-state index in [-0.39, 0.29) is 0 Å². The van der Waals surface area contributed by atoms with Crippen molar-refractivity contribution in [2.45, 2.75) is 132 Å². The molecule has 6 fully saturated rings. The number of ether oxygens (including phenoxy) is 6. The van der Waals surface area contributed by atoms with Crippen LogP contribution in [0.2, 0.25) is 0 Å². The fraction of sp³-hybridized carbons (Fsp3) is 0.444. The van der Waals surface area contributed by atoms with Crippen LogP contribution in [0.3, 0.4) is 0 Å². The van der Waals surface area contributed by atoms with E-state index in [4.69, 9.17) is 57.7 Å². The van der Waals surface area contributed by atoms with Crippen LogP contribution in [0, 0.1) is 0 Å². The van der Waals surface area contributed by atoms with Crippen molar-refractivity contribution < 1.29 is 57.7 Å². The maximum Gasteiger partial charge on any atom is 0.201 e. The van der Waals surface area contributed by atoms with Gasteiger partial charge in [0, 0.05) is 56.7 Å². The van der Waals surface area contributed by atoms with Gasteiger partial charge in [-0.25, -0.2) is 29.3 Å². The van der Waals surface area contributed by atoms with E-state index in [9.17, 15) is 0 Å². The Kier molecular flexibility index (Phi) is 13.5. The summed E-state index contributed by atoms with van der Waals surface area (Å²) >= 11 is 0. The van der Waals surface area contributed by atoms with Gasteiger partial charge in [0.15, 0.2) is 0 Å². The molecule has 0 radical (unpaired) electrons. The Morgan fingerprint density at radius 1 is 0.364 bits per heavy atom. The van der Waals surface area contributed by atoms with Crippen molar-refractivity contribution in [3.8, 4) is 34.5 Å². The van der Waals surface area contributed by atoms with Crippen LogP contribution < -0.4 is 14.2 Å². The van der Waals surface area contributed by atoms with Gasteiger partial charge in [0.2, 0.25) is 17.4 Å². The molecule has 0 N–H and O–H groups in total. The first-order valence-electron chi connectivity index (χ1n) is 23.7. The highest BCUT2D eigenvalue weighted by molar-refractivity contribution is 5.69. The summed E-state index contributed by atoms with van der Waals surface area (Å²) in [5, 5.41) is 0. The second kappa shape index (κ2) is 19.8. The minimum absolute atomic E-state index is 0.389. The number of hydrogen-bond acceptors (Lipinski definition) is 12. The van der Waals surface area contributed by atoms with E-state index in [1.807, 2.05) is 91.0 Å². The van der Waals surface area contributed by atoms with Gasteiger partial charge < -0.3 is 28.4 Å². The molecular weight excluding hydrogens is 841 g/mol. The lowest BCUT2D eigenvalue weighted by molar-refractivity contribution is -0.483. The second-order valence-electron chi connectivity index (χ2n) is 18.4. The molecule has 4 aromatic rings. The first-order chi connectivity index (χ1) is 32.2. The molecule has 3 saturated carbocycles. The lowest BCUT2D eigenvalue weighted by Crippen LogP contribution is -2.46. The van der Waals surface area contributed by atoms with Gasteiger partial charge in [-0.1, -0.05) is 75.4 Å². The fourth-order valence-electron chi connectivity index (χ4n) is 9.61. The minimum atomic E-state index is -0.632. The van der Waals surface area contributed by atoms with Crippen molar-refractivity contribution in [2.75, 3.05) is 19.8 Å². The smallest absolute Gasteiger partial charge is 0.201 e. The highest BCUT2D eigenvalue weighted by atomic mass is 17.3. The zero-order valence-electron chi connectivity index (χ0n) is 37.6. The average Bonchev–Trinajstić information content (AvgIpc) is 3.35. The standard InChI is InChI=1S/C54H60O12/c1-37(49-34-55-52(64-61-49)25-7-4-8-26-52)40-13-19-43(20-14-40)58-46-31-47(59-44-21-15-41(16-22-44)38(2)50-35-56-53(65-62-50)27-9-5-10-28-53)33-48(32-46)60-45-23-17-42(18-24-45)39(3)51-36-57-54(66-63-51)29-11-6-12-30-54/h13-24,31-33,49-51H,1-12,25-30,34-36H2. The van der Waals surface area contributed by atoms with E-state index in [0.29, 0.717) is 54.3 Å². The van der Waals surface area contributed by atoms with E-state index in [0.717, 1.165) is 110 Å². The molecule has 0 bridgehead atoms. The summed E-state index contributed by atoms with van der Waals surface area (Å²) in [6, 6.07) is 28.5. The monoisotopic (exact) mass is 900 g/mol. The molecule has 6 aliphatic rings. The summed E-state index contributed by atoms with van der Waals surface area (Å²) in [5.74, 6) is 1.46. The number of rotatable bonds is 12. The first kappa shape index (κ1) is 44.9. The summed E-state index contributed by atoms with van der Waals surface area (Å²) in [6.45, 7) is 14.1. The summed E-state index contributed by atoms with van der Waals surface area (Å²) in [6.07, 6.45) is 13.8. The zero-order valence-corrected chi connectivity index (χ0v) is 37.6. The number of hydrogen-bond donors (Lipinski definition) is 0. The maximum atomic E-state index is 6.44. The van der Waals surface area contributed by atoms with Gasteiger partial charge in [-0.05, 0) is 108 Å². The van der Waals surface area contributed by atoms with Gasteiger partial charge in [0.25, 0.3) is 0 Å². The predicted octanol–water partition coefficient (Wildman–Crippen LogP) is 13.1. The zero-order chi connectivity index (χ0) is 45.0. The van der Waals surface area contributed by atoms with Crippen LogP contribution in [0.25, 0.3) is 16.7 Å². The highest BCUT2D eigenvalue weighted by Crippen LogP contribution is 2.42. The molecule has 0 aromatic heterocycles. The summed E-state index contributed by atoms with van der Waals surface area (Å²) < 4.78 is 37.9. The Morgan fingerprint density at radius 2 is 0.621 bits per heavy atom. The third-order valence-corrected chi connectivity index (χ3v) is 13.7. The molecule has 4 aromatic carbocycles. The molecule has 3 heterocycles. The van der Waals surface area contributed by atoms with E-state index < -0.39 is 35.7 Å². The lowest BCUT2D eigenvalue weighted by atomic mass is 9.94. The third kappa shape index (κ3) is 10.3. The average molecular weight is 901 g/mol. The molecule has 3 aliphatic heterocycles. The number of benzene rings is 4. The normalized spacial score (nSPS) is 24.6. The van der Waals surface area contributed by atoms with E-state index in [1.165, 1.54) is 19.3 Å². The van der Waals surface area contributed by atoms with Crippen molar-refractivity contribution in [1.29, 1.82) is 0 Å². The Labute approximate surface area is 387 Å². The van der Waals surface area contributed by atoms with E-state index in [1.54, 1.807) is 0 Å². The van der Waals surface area contributed by atoms with Crippen molar-refractivity contribution in [2.24, 2.45) is 0 Å². The van der Waals surface area contributed by atoms with Crippen LogP contribution in [-0.2, 0) is 43.5 Å². The highest BCUT2D eigenvalue weighted by Gasteiger charge is 2.43. The second-order valence-corrected chi connectivity index (χ2v) is 18.4. The molecule has 0 amide bonds. The third-order valence-electron chi connectivity index (χ3n) is 13.7. The molecular formula is C54H60O12. The summed E-state index contributed by atoms with van der Waals surface area (Å²) in [7, 11) is 0. The van der Waals surface area contributed by atoms with Crippen LogP contribution in [0.15, 0.2) is 111 Å². The molecule has 12 nitrogen and oxygen atoms in total. The van der Waals surface area contributed by atoms with Gasteiger partial charge in [-0.15, -0.1) is 0 Å². The van der Waals surface area contributed by atoms with E-state index >= 15 is 0 Å². The maximum absolute atomic E-state index is 6.44. The van der Waals surface area contributed by atoms with Crippen molar-refractivity contribution in [3.05, 3.63) is 127 Å². The minimum Gasteiger partial charge on any atom is -0.457 e. The SMILES string of the molecule is C=C(c1ccc(Oc2cc(Oc3ccc(C(=C)C4COC5(CCCCC5)OO4)cc3)cc(Oc3ccc(C(=C)C4COC5(CCCCC5)OO4)cc3)c2)cc1)C1COC2(CCCCC2)OO1. The quantitative estimate of drug-likeness (QED) is 0.126. The Balaban J connectivity index is 0.816. The van der Waals surface area contributed by atoms with Crippen molar-refractivity contribution in [3.63, 3.8) is 0 Å². The Hall–Kier alpha value is -4.86. The van der Waals surface area contributed by atoms with Crippen LogP contribution in [-0.4, -0.2) is 55.5 Å². The van der Waals surface area contributed by atoms with Gasteiger partial charge in [-0.3, -0.25) is 0 Å². The first-order valence-corrected chi connectivity index (χ1v) is 23.7. The van der Waals surface area contributed by atoms with Crippen LogP contribution in [0.5, 0.6) is 34.5 Å². The molecule has 3 spiro atoms. The fourth-order valence-corrected chi connectivity index (χ4v) is 9.61. The Bertz CT molecular complexity index is 2020. The molecule has 12 heteroatoms. The van der Waals surface area contributed by atoms with Crippen LogP contribution >= 0.6 is 0 Å². The predicted molar refractivity (Wildman–Crippen MR) is 246 cm³/mol. The molecule has 3 saturated heterocycles. The molecule has 10 rings (SSSR count). The molecule has 3 aliphatic carbocycles. The van der Waals surface area contributed by atoms with Gasteiger partial charge in [-0.2, -0.15) is 0 Å². The molecule has 3 unspecified atom stereocenters. The van der Waals surface area contributed by atoms with Gasteiger partial charge in [0.1, 0.15) is 52.8 Å².